The monoisotopic (exact) mass is 406 g/mol. The third kappa shape index (κ3) is 4.39. The molecule has 0 saturated carbocycles. The maximum atomic E-state index is 13.0. The number of aromatic nitrogens is 2. The van der Waals surface area contributed by atoms with E-state index < -0.39 is 0 Å². The maximum absolute atomic E-state index is 13.0. The largest absolute Gasteiger partial charge is 0.457 e. The number of thiazole rings is 1. The minimum absolute atomic E-state index is 0.320. The molecular weight excluding hydrogens is 391 g/mol. The number of amides is 1. The third-order valence-corrected chi connectivity index (χ3v) is 4.75. The smallest absolute Gasteiger partial charge is 0.257 e. The predicted molar refractivity (Wildman–Crippen MR) is 111 cm³/mol. The molecule has 0 radical (unpaired) electrons. The van der Waals surface area contributed by atoms with E-state index in [2.05, 4.69) is 15.3 Å². The van der Waals surface area contributed by atoms with Crippen molar-refractivity contribution in [2.75, 3.05) is 11.1 Å². The minimum atomic E-state index is -0.335. The lowest BCUT2D eigenvalue weighted by atomic mass is 10.2. The van der Waals surface area contributed by atoms with Gasteiger partial charge in [0.1, 0.15) is 28.0 Å². The van der Waals surface area contributed by atoms with Crippen LogP contribution in [0.15, 0.2) is 72.9 Å². The van der Waals surface area contributed by atoms with Crippen molar-refractivity contribution in [1.29, 1.82) is 0 Å². The summed E-state index contributed by atoms with van der Waals surface area (Å²) in [7, 11) is 0. The topological polar surface area (TPSA) is 90.1 Å². The number of carbonyl (C=O) groups excluding carboxylic acids is 1. The third-order valence-electron chi connectivity index (χ3n) is 3.95. The van der Waals surface area contributed by atoms with E-state index in [1.807, 2.05) is 6.07 Å². The summed E-state index contributed by atoms with van der Waals surface area (Å²) in [5.41, 5.74) is 7.63. The van der Waals surface area contributed by atoms with Gasteiger partial charge in [0.25, 0.3) is 5.91 Å². The van der Waals surface area contributed by atoms with Gasteiger partial charge in [0.15, 0.2) is 5.13 Å². The molecule has 0 aliphatic heterocycles. The molecule has 8 heteroatoms. The lowest BCUT2D eigenvalue weighted by Crippen LogP contribution is -2.11. The Bertz CT molecular complexity index is 1130. The Balaban J connectivity index is 1.44. The molecule has 4 aromatic rings. The lowest BCUT2D eigenvalue weighted by Gasteiger charge is -2.06. The van der Waals surface area contributed by atoms with E-state index in [9.17, 15) is 9.18 Å². The van der Waals surface area contributed by atoms with Crippen LogP contribution in [0.1, 0.15) is 10.4 Å². The molecule has 2 aromatic carbocycles. The van der Waals surface area contributed by atoms with Gasteiger partial charge in [0.2, 0.25) is 0 Å². The lowest BCUT2D eigenvalue weighted by molar-refractivity contribution is 0.102. The highest BCUT2D eigenvalue weighted by Gasteiger charge is 2.14. The molecule has 0 fully saturated rings. The van der Waals surface area contributed by atoms with E-state index >= 15 is 0 Å². The van der Waals surface area contributed by atoms with Crippen LogP contribution in [0.5, 0.6) is 11.5 Å². The van der Waals surface area contributed by atoms with Crippen LogP contribution < -0.4 is 15.8 Å². The number of hydrogen-bond acceptors (Lipinski definition) is 6. The van der Waals surface area contributed by atoms with Crippen LogP contribution in [0.3, 0.4) is 0 Å². The molecule has 0 atom stereocenters. The highest BCUT2D eigenvalue weighted by molar-refractivity contribution is 7.20. The quantitative estimate of drug-likeness (QED) is 0.488. The Kier molecular flexibility index (Phi) is 5.17. The Morgan fingerprint density at radius 2 is 1.69 bits per heavy atom. The molecule has 0 saturated heterocycles. The highest BCUT2D eigenvalue weighted by atomic mass is 32.1. The number of nitrogen functional groups attached to an aromatic ring is 1. The summed E-state index contributed by atoms with van der Waals surface area (Å²) in [5, 5.41) is 3.61. The number of halogens is 1. The average Bonchev–Trinajstić information content (AvgIpc) is 3.11. The Morgan fingerprint density at radius 3 is 2.34 bits per heavy atom. The van der Waals surface area contributed by atoms with Crippen LogP contribution in [0.2, 0.25) is 0 Å². The van der Waals surface area contributed by atoms with Gasteiger partial charge in [-0.05, 0) is 60.7 Å². The van der Waals surface area contributed by atoms with Crippen molar-refractivity contribution >= 4 is 27.4 Å². The van der Waals surface area contributed by atoms with E-state index in [0.29, 0.717) is 38.6 Å². The number of anilines is 2. The molecule has 0 bridgehead atoms. The number of carbonyl (C=O) groups is 1. The van der Waals surface area contributed by atoms with Crippen molar-refractivity contribution < 1.29 is 13.9 Å². The zero-order valence-electron chi connectivity index (χ0n) is 15.0. The second-order valence-electron chi connectivity index (χ2n) is 5.98. The number of ether oxygens (including phenoxy) is 1. The van der Waals surface area contributed by atoms with E-state index in [0.717, 1.165) is 0 Å². The van der Waals surface area contributed by atoms with Gasteiger partial charge in [-0.25, -0.2) is 9.37 Å². The van der Waals surface area contributed by atoms with Crippen LogP contribution in [0.25, 0.3) is 11.4 Å². The molecule has 144 valence electrons. The van der Waals surface area contributed by atoms with Crippen LogP contribution in [0.4, 0.5) is 14.5 Å². The molecule has 3 N–H and O–H groups in total. The van der Waals surface area contributed by atoms with Gasteiger partial charge in [0, 0.05) is 11.8 Å². The Labute approximate surface area is 169 Å². The molecule has 0 aliphatic carbocycles. The maximum Gasteiger partial charge on any atom is 0.257 e. The Hall–Kier alpha value is -3.78. The number of nitrogens with one attached hydrogen (secondary N) is 1. The van der Waals surface area contributed by atoms with Crippen LogP contribution >= 0.6 is 11.3 Å². The van der Waals surface area contributed by atoms with Gasteiger partial charge in [-0.2, -0.15) is 0 Å². The van der Waals surface area contributed by atoms with E-state index in [4.69, 9.17) is 10.5 Å². The molecule has 0 spiro atoms. The standard InChI is InChI=1S/C21H15FN4O2S/c22-14-6-10-16(11-7-14)28-15-8-4-13(5-9-15)20(27)26-21-25-18(19(23)29-21)17-3-1-2-12-24-17/h1-12H,23H2,(H,25,26,27). The molecule has 0 aliphatic rings. The molecule has 6 nitrogen and oxygen atoms in total. The predicted octanol–water partition coefficient (Wildman–Crippen LogP) is 4.97. The van der Waals surface area contributed by atoms with Gasteiger partial charge in [-0.15, -0.1) is 0 Å². The van der Waals surface area contributed by atoms with Crippen molar-refractivity contribution in [3.05, 3.63) is 84.3 Å². The zero-order chi connectivity index (χ0) is 20.2. The molecule has 0 unspecified atom stereocenters. The summed E-state index contributed by atoms with van der Waals surface area (Å²) in [5.74, 6) is 0.381. The normalized spacial score (nSPS) is 10.5. The SMILES string of the molecule is Nc1sc(NC(=O)c2ccc(Oc3ccc(F)cc3)cc2)nc1-c1ccccn1. The van der Waals surface area contributed by atoms with Crippen molar-refractivity contribution in [3.63, 3.8) is 0 Å². The molecule has 29 heavy (non-hydrogen) atoms. The van der Waals surface area contributed by atoms with Crippen LogP contribution in [-0.2, 0) is 0 Å². The molecule has 1 amide bonds. The molecule has 2 aromatic heterocycles. The van der Waals surface area contributed by atoms with Gasteiger partial charge >= 0.3 is 0 Å². The number of hydrogen-bond donors (Lipinski definition) is 2. The first-order valence-corrected chi connectivity index (χ1v) is 9.43. The summed E-state index contributed by atoms with van der Waals surface area (Å²) in [6.45, 7) is 0. The summed E-state index contributed by atoms with van der Waals surface area (Å²) >= 11 is 1.18. The van der Waals surface area contributed by atoms with E-state index in [1.54, 1.807) is 42.6 Å². The summed E-state index contributed by atoms with van der Waals surface area (Å²) in [4.78, 5) is 21.1. The second kappa shape index (κ2) is 8.07. The second-order valence-corrected chi connectivity index (χ2v) is 7.01. The van der Waals surface area contributed by atoms with Crippen molar-refractivity contribution in [2.24, 2.45) is 0 Å². The number of benzene rings is 2. The van der Waals surface area contributed by atoms with Crippen molar-refractivity contribution in [2.45, 2.75) is 0 Å². The average molecular weight is 406 g/mol. The number of nitrogens with zero attached hydrogens (tertiary/aromatic N) is 2. The summed E-state index contributed by atoms with van der Waals surface area (Å²) in [6, 6.07) is 17.7. The van der Waals surface area contributed by atoms with Crippen molar-refractivity contribution in [1.82, 2.24) is 9.97 Å². The molecule has 2 heterocycles. The summed E-state index contributed by atoms with van der Waals surface area (Å²) in [6.07, 6.45) is 1.65. The summed E-state index contributed by atoms with van der Waals surface area (Å²) < 4.78 is 18.6. The first-order valence-electron chi connectivity index (χ1n) is 8.61. The number of nitrogens with two attached hydrogens (primary N) is 1. The van der Waals surface area contributed by atoms with Crippen LogP contribution in [0, 0.1) is 5.82 Å². The van der Waals surface area contributed by atoms with Gasteiger partial charge in [-0.1, -0.05) is 17.4 Å². The highest BCUT2D eigenvalue weighted by Crippen LogP contribution is 2.32. The van der Waals surface area contributed by atoms with Crippen LogP contribution in [-0.4, -0.2) is 15.9 Å². The number of pyridine rings is 1. The van der Waals surface area contributed by atoms with E-state index in [-0.39, 0.29) is 11.7 Å². The van der Waals surface area contributed by atoms with Gasteiger partial charge < -0.3 is 10.5 Å². The molecular formula is C21H15FN4O2S. The Morgan fingerprint density at radius 1 is 1.00 bits per heavy atom. The fourth-order valence-electron chi connectivity index (χ4n) is 2.55. The fourth-order valence-corrected chi connectivity index (χ4v) is 3.29. The fraction of sp³-hybridized carbons (Fsp3) is 0. The first-order chi connectivity index (χ1) is 14.1. The van der Waals surface area contributed by atoms with E-state index in [1.165, 1.54) is 35.6 Å². The van der Waals surface area contributed by atoms with Gasteiger partial charge in [0.05, 0.1) is 5.69 Å². The van der Waals surface area contributed by atoms with Gasteiger partial charge in [-0.3, -0.25) is 15.1 Å². The molecule has 4 rings (SSSR count). The first kappa shape index (κ1) is 18.6. The minimum Gasteiger partial charge on any atom is -0.457 e. The van der Waals surface area contributed by atoms with Crippen molar-refractivity contribution in [3.8, 4) is 22.9 Å². The number of rotatable bonds is 5. The zero-order valence-corrected chi connectivity index (χ0v) is 15.8.